The highest BCUT2D eigenvalue weighted by molar-refractivity contribution is 7.90. The van der Waals surface area contributed by atoms with Gasteiger partial charge < -0.3 is 10.1 Å². The molecule has 0 aromatic heterocycles. The summed E-state index contributed by atoms with van der Waals surface area (Å²) in [5.74, 6) is 0.259. The molecule has 0 aliphatic heterocycles. The lowest BCUT2D eigenvalue weighted by molar-refractivity contribution is -0.122. The minimum atomic E-state index is -3.32. The molecule has 0 fully saturated rings. The van der Waals surface area contributed by atoms with Crippen LogP contribution in [0.2, 0.25) is 0 Å². The Kier molecular flexibility index (Phi) is 5.05. The van der Waals surface area contributed by atoms with Crippen LogP contribution in [-0.4, -0.2) is 26.7 Å². The largest absolute Gasteiger partial charge is 0.481 e. The average Bonchev–Trinajstić information content (AvgIpc) is 2.46. The summed E-state index contributed by atoms with van der Waals surface area (Å²) in [6.45, 7) is 3.58. The first kappa shape index (κ1) is 17.0. The van der Waals surface area contributed by atoms with Gasteiger partial charge in [-0.1, -0.05) is 18.2 Å². The quantitative estimate of drug-likeness (QED) is 0.913. The number of benzene rings is 2. The molecule has 6 heteroatoms. The summed E-state index contributed by atoms with van der Waals surface area (Å²) in [4.78, 5) is 12.3. The van der Waals surface area contributed by atoms with Gasteiger partial charge >= 0.3 is 0 Å². The van der Waals surface area contributed by atoms with Crippen molar-refractivity contribution in [1.29, 1.82) is 0 Å². The van der Waals surface area contributed by atoms with Crippen LogP contribution in [0.5, 0.6) is 5.75 Å². The molecule has 1 atom stereocenters. The minimum absolute atomic E-state index is 0.155. The zero-order valence-corrected chi connectivity index (χ0v) is 14.1. The number of aryl methyl sites for hydroxylation is 1. The summed E-state index contributed by atoms with van der Waals surface area (Å²) < 4.78 is 28.7. The second kappa shape index (κ2) is 6.83. The number of hydrogen-bond acceptors (Lipinski definition) is 4. The van der Waals surface area contributed by atoms with E-state index in [1.807, 2.05) is 25.1 Å². The standard InChI is InChI=1S/C17H19NO4S/c1-12-6-4-8-15(10-12)22-13(2)17(19)18-14-7-5-9-16(11-14)23(3,20)21/h4-11,13H,1-3H3,(H,18,19). The first-order valence-corrected chi connectivity index (χ1v) is 8.99. The predicted molar refractivity (Wildman–Crippen MR) is 89.5 cm³/mol. The molecule has 0 spiro atoms. The van der Waals surface area contributed by atoms with E-state index in [2.05, 4.69) is 5.32 Å². The van der Waals surface area contributed by atoms with Gasteiger partial charge in [-0.25, -0.2) is 8.42 Å². The van der Waals surface area contributed by atoms with E-state index in [-0.39, 0.29) is 10.8 Å². The molecule has 1 amide bonds. The highest BCUT2D eigenvalue weighted by Gasteiger charge is 2.16. The fourth-order valence-electron chi connectivity index (χ4n) is 1.99. The van der Waals surface area contributed by atoms with Crippen LogP contribution in [0.4, 0.5) is 5.69 Å². The van der Waals surface area contributed by atoms with Crippen LogP contribution in [0.25, 0.3) is 0 Å². The Hall–Kier alpha value is -2.34. The van der Waals surface area contributed by atoms with Gasteiger partial charge in [-0.15, -0.1) is 0 Å². The fourth-order valence-corrected chi connectivity index (χ4v) is 2.66. The zero-order valence-electron chi connectivity index (χ0n) is 13.2. The third-order valence-corrected chi connectivity index (χ3v) is 4.31. The number of hydrogen-bond donors (Lipinski definition) is 1. The second-order valence-corrected chi connectivity index (χ2v) is 7.38. The van der Waals surface area contributed by atoms with Crippen molar-refractivity contribution >= 4 is 21.4 Å². The summed E-state index contributed by atoms with van der Waals surface area (Å²) in [6, 6.07) is 13.5. The summed E-state index contributed by atoms with van der Waals surface area (Å²) in [6.07, 6.45) is 0.413. The van der Waals surface area contributed by atoms with Gasteiger partial charge in [0.1, 0.15) is 5.75 Å². The summed E-state index contributed by atoms with van der Waals surface area (Å²) in [7, 11) is -3.32. The Bertz CT molecular complexity index is 815. The van der Waals surface area contributed by atoms with Crippen molar-refractivity contribution in [2.75, 3.05) is 11.6 Å². The van der Waals surface area contributed by atoms with Crippen LogP contribution in [0.15, 0.2) is 53.4 Å². The maximum absolute atomic E-state index is 12.2. The molecule has 2 aromatic rings. The highest BCUT2D eigenvalue weighted by Crippen LogP contribution is 2.17. The van der Waals surface area contributed by atoms with E-state index in [4.69, 9.17) is 4.74 Å². The highest BCUT2D eigenvalue weighted by atomic mass is 32.2. The topological polar surface area (TPSA) is 72.5 Å². The van der Waals surface area contributed by atoms with Crippen molar-refractivity contribution in [2.45, 2.75) is 24.8 Å². The number of rotatable bonds is 5. The molecule has 0 radical (unpaired) electrons. The number of nitrogens with one attached hydrogen (secondary N) is 1. The number of anilines is 1. The van der Waals surface area contributed by atoms with Gasteiger partial charge in [-0.2, -0.15) is 0 Å². The molecule has 23 heavy (non-hydrogen) atoms. The lowest BCUT2D eigenvalue weighted by Gasteiger charge is -2.15. The van der Waals surface area contributed by atoms with E-state index in [0.717, 1.165) is 11.8 Å². The van der Waals surface area contributed by atoms with Crippen LogP contribution in [0.3, 0.4) is 0 Å². The lowest BCUT2D eigenvalue weighted by Crippen LogP contribution is -2.30. The molecule has 1 unspecified atom stereocenters. The van der Waals surface area contributed by atoms with Crippen LogP contribution < -0.4 is 10.1 Å². The van der Waals surface area contributed by atoms with Crippen LogP contribution in [-0.2, 0) is 14.6 Å². The smallest absolute Gasteiger partial charge is 0.265 e. The molecule has 0 heterocycles. The zero-order chi connectivity index (χ0) is 17.0. The van der Waals surface area contributed by atoms with E-state index in [9.17, 15) is 13.2 Å². The maximum Gasteiger partial charge on any atom is 0.265 e. The van der Waals surface area contributed by atoms with Crippen molar-refractivity contribution < 1.29 is 17.9 Å². The SMILES string of the molecule is Cc1cccc(OC(C)C(=O)Nc2cccc(S(C)(=O)=O)c2)c1. The van der Waals surface area contributed by atoms with Crippen LogP contribution in [0.1, 0.15) is 12.5 Å². The van der Waals surface area contributed by atoms with Crippen molar-refractivity contribution in [3.05, 3.63) is 54.1 Å². The van der Waals surface area contributed by atoms with Gasteiger partial charge in [0.15, 0.2) is 15.9 Å². The van der Waals surface area contributed by atoms with Crippen molar-refractivity contribution in [3.8, 4) is 5.75 Å². The minimum Gasteiger partial charge on any atom is -0.481 e. The summed E-state index contributed by atoms with van der Waals surface area (Å²) in [5.41, 5.74) is 1.45. The van der Waals surface area contributed by atoms with Gasteiger partial charge in [0, 0.05) is 11.9 Å². The Morgan fingerprint density at radius 3 is 2.48 bits per heavy atom. The van der Waals surface area contributed by atoms with Gasteiger partial charge in [0.25, 0.3) is 5.91 Å². The molecule has 2 aromatic carbocycles. The molecule has 2 rings (SSSR count). The van der Waals surface area contributed by atoms with E-state index < -0.39 is 15.9 Å². The Morgan fingerprint density at radius 1 is 1.13 bits per heavy atom. The first-order chi connectivity index (χ1) is 10.8. The first-order valence-electron chi connectivity index (χ1n) is 7.10. The van der Waals surface area contributed by atoms with Gasteiger partial charge in [-0.3, -0.25) is 4.79 Å². The Morgan fingerprint density at radius 2 is 1.83 bits per heavy atom. The van der Waals surface area contributed by atoms with E-state index in [0.29, 0.717) is 11.4 Å². The fraction of sp³-hybridized carbons (Fsp3) is 0.235. The summed E-state index contributed by atoms with van der Waals surface area (Å²) >= 11 is 0. The normalized spacial score (nSPS) is 12.5. The monoisotopic (exact) mass is 333 g/mol. The van der Waals surface area contributed by atoms with E-state index >= 15 is 0 Å². The molecular weight excluding hydrogens is 314 g/mol. The van der Waals surface area contributed by atoms with Crippen molar-refractivity contribution in [3.63, 3.8) is 0 Å². The maximum atomic E-state index is 12.2. The van der Waals surface area contributed by atoms with E-state index in [1.54, 1.807) is 25.1 Å². The summed E-state index contributed by atoms with van der Waals surface area (Å²) in [5, 5.41) is 2.66. The molecule has 1 N–H and O–H groups in total. The van der Waals surface area contributed by atoms with Gasteiger partial charge in [0.05, 0.1) is 4.90 Å². The molecule has 0 aliphatic carbocycles. The molecule has 0 bridgehead atoms. The molecule has 0 saturated heterocycles. The average molecular weight is 333 g/mol. The number of ether oxygens (including phenoxy) is 1. The third kappa shape index (κ3) is 4.82. The number of amides is 1. The third-order valence-electron chi connectivity index (χ3n) is 3.20. The van der Waals surface area contributed by atoms with Crippen LogP contribution >= 0.6 is 0 Å². The molecule has 122 valence electrons. The number of carbonyl (C=O) groups is 1. The predicted octanol–water partition coefficient (Wildman–Crippen LogP) is 2.80. The molecule has 0 saturated carbocycles. The Balaban J connectivity index is 2.07. The van der Waals surface area contributed by atoms with Gasteiger partial charge in [0.2, 0.25) is 0 Å². The lowest BCUT2D eigenvalue weighted by atomic mass is 10.2. The van der Waals surface area contributed by atoms with Gasteiger partial charge in [-0.05, 0) is 49.7 Å². The second-order valence-electron chi connectivity index (χ2n) is 5.37. The van der Waals surface area contributed by atoms with Crippen molar-refractivity contribution in [1.82, 2.24) is 0 Å². The number of sulfone groups is 1. The van der Waals surface area contributed by atoms with E-state index in [1.165, 1.54) is 12.1 Å². The van der Waals surface area contributed by atoms with Crippen molar-refractivity contribution in [2.24, 2.45) is 0 Å². The van der Waals surface area contributed by atoms with Crippen LogP contribution in [0, 0.1) is 6.92 Å². The molecule has 5 nitrogen and oxygen atoms in total. The number of carbonyl (C=O) groups excluding carboxylic acids is 1. The molecule has 0 aliphatic rings. The Labute approximate surface area is 136 Å². The molecular formula is C17H19NO4S.